The molecule has 31 heavy (non-hydrogen) atoms. The third-order valence-corrected chi connectivity index (χ3v) is 6.15. The summed E-state index contributed by atoms with van der Waals surface area (Å²) >= 11 is 0. The van der Waals surface area contributed by atoms with Crippen molar-refractivity contribution in [1.82, 2.24) is 15.3 Å². The Morgan fingerprint density at radius 1 is 1.10 bits per heavy atom. The topological polar surface area (TPSA) is 76.6 Å². The molecule has 1 amide bonds. The summed E-state index contributed by atoms with van der Waals surface area (Å²) in [5.74, 6) is 2.89. The maximum Gasteiger partial charge on any atom is 0.251 e. The first kappa shape index (κ1) is 19.6. The standard InChI is InChI=1S/C24H26N4O3/c1-30-21-10-19-20(11-22(21)31-2)26-14-27-23(19)28-8-7-16-9-17(5-6-18(16)13-28)24(29)25-12-15-3-4-15/h5-6,9-11,14-15H,3-4,7-8,12-13H2,1-2H3,(H,25,29). The van der Waals surface area contributed by atoms with Crippen LogP contribution in [0, 0.1) is 5.92 Å². The Morgan fingerprint density at radius 3 is 2.68 bits per heavy atom. The first-order chi connectivity index (χ1) is 15.2. The molecule has 1 aromatic heterocycles. The highest BCUT2D eigenvalue weighted by Gasteiger charge is 2.24. The van der Waals surface area contributed by atoms with Gasteiger partial charge in [0.05, 0.1) is 19.7 Å². The molecule has 7 nitrogen and oxygen atoms in total. The van der Waals surface area contributed by atoms with E-state index in [4.69, 9.17) is 9.47 Å². The van der Waals surface area contributed by atoms with Crippen LogP contribution in [-0.2, 0) is 13.0 Å². The molecule has 0 saturated heterocycles. The number of nitrogens with one attached hydrogen (secondary N) is 1. The van der Waals surface area contributed by atoms with Gasteiger partial charge in [0.15, 0.2) is 11.5 Å². The summed E-state index contributed by atoms with van der Waals surface area (Å²) in [6.45, 7) is 2.35. The fraction of sp³-hybridized carbons (Fsp3) is 0.375. The molecule has 0 spiro atoms. The van der Waals surface area contributed by atoms with Crippen LogP contribution < -0.4 is 19.7 Å². The molecule has 1 fully saturated rings. The third kappa shape index (κ3) is 3.87. The molecule has 0 atom stereocenters. The van der Waals surface area contributed by atoms with Crippen LogP contribution in [0.3, 0.4) is 0 Å². The molecule has 2 aromatic carbocycles. The predicted octanol–water partition coefficient (Wildman–Crippen LogP) is 3.35. The Balaban J connectivity index is 1.40. The fourth-order valence-corrected chi connectivity index (χ4v) is 4.16. The van der Waals surface area contributed by atoms with E-state index in [9.17, 15) is 4.79 Å². The number of ether oxygens (including phenoxy) is 2. The third-order valence-electron chi connectivity index (χ3n) is 6.15. The van der Waals surface area contributed by atoms with Gasteiger partial charge in [-0.15, -0.1) is 0 Å². The van der Waals surface area contributed by atoms with Crippen molar-refractivity contribution in [1.29, 1.82) is 0 Å². The van der Waals surface area contributed by atoms with Crippen molar-refractivity contribution >= 4 is 22.6 Å². The molecule has 3 aromatic rings. The summed E-state index contributed by atoms with van der Waals surface area (Å²) in [7, 11) is 3.25. The second-order valence-electron chi connectivity index (χ2n) is 8.23. The molecule has 0 radical (unpaired) electrons. The molecule has 0 bridgehead atoms. The monoisotopic (exact) mass is 418 g/mol. The van der Waals surface area contributed by atoms with Crippen LogP contribution >= 0.6 is 0 Å². The Morgan fingerprint density at radius 2 is 1.90 bits per heavy atom. The molecule has 2 aliphatic rings. The Labute approximate surface area is 181 Å². The van der Waals surface area contributed by atoms with E-state index >= 15 is 0 Å². The highest BCUT2D eigenvalue weighted by molar-refractivity contribution is 5.95. The van der Waals surface area contributed by atoms with Gasteiger partial charge in [0.1, 0.15) is 12.1 Å². The van der Waals surface area contributed by atoms with E-state index in [1.54, 1.807) is 20.5 Å². The molecule has 160 valence electrons. The number of amides is 1. The number of hydrogen-bond donors (Lipinski definition) is 1. The van der Waals surface area contributed by atoms with Gasteiger partial charge in [0, 0.05) is 36.7 Å². The normalized spacial score (nSPS) is 15.5. The molecule has 0 unspecified atom stereocenters. The minimum absolute atomic E-state index is 0.0277. The summed E-state index contributed by atoms with van der Waals surface area (Å²) in [6.07, 6.45) is 4.91. The largest absolute Gasteiger partial charge is 0.493 e. The number of hydrogen-bond acceptors (Lipinski definition) is 6. The zero-order valence-corrected chi connectivity index (χ0v) is 17.9. The van der Waals surface area contributed by atoms with Crippen LogP contribution in [-0.4, -0.2) is 43.2 Å². The number of carbonyl (C=O) groups is 1. The first-order valence-electron chi connectivity index (χ1n) is 10.7. The maximum atomic E-state index is 12.4. The van der Waals surface area contributed by atoms with E-state index < -0.39 is 0 Å². The molecular weight excluding hydrogens is 392 g/mol. The van der Waals surface area contributed by atoms with Crippen molar-refractivity contribution in [3.8, 4) is 11.5 Å². The summed E-state index contributed by atoms with van der Waals surface area (Å²) in [5, 5.41) is 3.98. The minimum atomic E-state index is 0.0277. The zero-order valence-electron chi connectivity index (χ0n) is 17.9. The molecule has 5 rings (SSSR count). The quantitative estimate of drug-likeness (QED) is 0.662. The van der Waals surface area contributed by atoms with Gasteiger partial charge >= 0.3 is 0 Å². The number of methoxy groups -OCH3 is 2. The van der Waals surface area contributed by atoms with Crippen molar-refractivity contribution in [2.45, 2.75) is 25.8 Å². The van der Waals surface area contributed by atoms with Crippen LogP contribution in [0.2, 0.25) is 0 Å². The lowest BCUT2D eigenvalue weighted by Gasteiger charge is -2.30. The van der Waals surface area contributed by atoms with E-state index in [1.165, 1.54) is 24.0 Å². The van der Waals surface area contributed by atoms with Gasteiger partial charge in [-0.2, -0.15) is 0 Å². The number of carbonyl (C=O) groups excluding carboxylic acids is 1. The Bertz CT molecular complexity index is 1140. The van der Waals surface area contributed by atoms with E-state index in [0.29, 0.717) is 17.4 Å². The summed E-state index contributed by atoms with van der Waals surface area (Å²) in [4.78, 5) is 23.7. The van der Waals surface area contributed by atoms with Gasteiger partial charge in [0.2, 0.25) is 0 Å². The average Bonchev–Trinajstić information content (AvgIpc) is 3.65. The van der Waals surface area contributed by atoms with Gasteiger partial charge in [-0.3, -0.25) is 4.79 Å². The van der Waals surface area contributed by atoms with Gasteiger partial charge in [-0.05, 0) is 54.5 Å². The van der Waals surface area contributed by atoms with Gasteiger partial charge in [-0.25, -0.2) is 9.97 Å². The minimum Gasteiger partial charge on any atom is -0.493 e. The highest BCUT2D eigenvalue weighted by atomic mass is 16.5. The first-order valence-corrected chi connectivity index (χ1v) is 10.7. The van der Waals surface area contributed by atoms with E-state index in [2.05, 4.69) is 26.3 Å². The molecule has 7 heteroatoms. The van der Waals surface area contributed by atoms with Crippen molar-refractivity contribution in [3.05, 3.63) is 53.3 Å². The maximum absolute atomic E-state index is 12.4. The molecule has 1 aliphatic carbocycles. The van der Waals surface area contributed by atoms with Gasteiger partial charge in [0.25, 0.3) is 5.91 Å². The van der Waals surface area contributed by atoms with Crippen LogP contribution in [0.15, 0.2) is 36.7 Å². The van der Waals surface area contributed by atoms with Crippen LogP contribution in [0.5, 0.6) is 11.5 Å². The van der Waals surface area contributed by atoms with E-state index in [-0.39, 0.29) is 5.91 Å². The molecule has 1 N–H and O–H groups in total. The lowest BCUT2D eigenvalue weighted by atomic mass is 9.96. The number of benzene rings is 2. The molecule has 2 heterocycles. The Hall–Kier alpha value is -3.35. The zero-order chi connectivity index (χ0) is 21.4. The fourth-order valence-electron chi connectivity index (χ4n) is 4.16. The number of nitrogens with zero attached hydrogens (tertiary/aromatic N) is 3. The van der Waals surface area contributed by atoms with Crippen LogP contribution in [0.1, 0.15) is 34.3 Å². The number of fused-ring (bicyclic) bond motifs is 2. The summed E-state index contributed by atoms with van der Waals surface area (Å²) in [6, 6.07) is 9.86. The lowest BCUT2D eigenvalue weighted by Crippen LogP contribution is -2.32. The van der Waals surface area contributed by atoms with Gasteiger partial charge < -0.3 is 19.7 Å². The SMILES string of the molecule is COc1cc2ncnc(N3CCc4cc(C(=O)NCC5CC5)ccc4C3)c2cc1OC. The van der Waals surface area contributed by atoms with Crippen molar-refractivity contribution < 1.29 is 14.3 Å². The van der Waals surface area contributed by atoms with Gasteiger partial charge in [-0.1, -0.05) is 6.07 Å². The highest BCUT2D eigenvalue weighted by Crippen LogP contribution is 2.36. The summed E-state index contributed by atoms with van der Waals surface area (Å²) < 4.78 is 10.9. The lowest BCUT2D eigenvalue weighted by molar-refractivity contribution is 0.0951. The molecule has 1 saturated carbocycles. The Kier molecular flexibility index (Phi) is 5.10. The van der Waals surface area contributed by atoms with E-state index in [0.717, 1.165) is 48.3 Å². The predicted molar refractivity (Wildman–Crippen MR) is 119 cm³/mol. The molecular formula is C24H26N4O3. The second kappa shape index (κ2) is 8.06. The van der Waals surface area contributed by atoms with E-state index in [1.807, 2.05) is 24.3 Å². The summed E-state index contributed by atoms with van der Waals surface area (Å²) in [5.41, 5.74) is 4.01. The van der Waals surface area contributed by atoms with Crippen molar-refractivity contribution in [3.63, 3.8) is 0 Å². The van der Waals surface area contributed by atoms with Crippen LogP contribution in [0.25, 0.3) is 10.9 Å². The number of rotatable bonds is 6. The molecule has 1 aliphatic heterocycles. The second-order valence-corrected chi connectivity index (χ2v) is 8.23. The van der Waals surface area contributed by atoms with Crippen molar-refractivity contribution in [2.75, 3.05) is 32.2 Å². The number of anilines is 1. The number of aromatic nitrogens is 2. The average molecular weight is 418 g/mol. The van der Waals surface area contributed by atoms with Crippen LogP contribution in [0.4, 0.5) is 5.82 Å². The van der Waals surface area contributed by atoms with Crippen molar-refractivity contribution in [2.24, 2.45) is 5.92 Å². The smallest absolute Gasteiger partial charge is 0.251 e.